The molecule has 1 aromatic heterocycles. The quantitative estimate of drug-likeness (QED) is 0.584. The van der Waals surface area contributed by atoms with Gasteiger partial charge in [-0.05, 0) is 38.7 Å². The van der Waals surface area contributed by atoms with Crippen LogP contribution >= 0.6 is 0 Å². The number of carbonyl (C=O) groups excluding carboxylic acids is 1. The van der Waals surface area contributed by atoms with Crippen LogP contribution in [0.4, 0.5) is 0 Å². The van der Waals surface area contributed by atoms with Crippen molar-refractivity contribution in [3.8, 4) is 0 Å². The van der Waals surface area contributed by atoms with Gasteiger partial charge >= 0.3 is 5.97 Å². The van der Waals surface area contributed by atoms with E-state index in [1.165, 1.54) is 6.26 Å². The smallest absolute Gasteiger partial charge is 0.341 e. The molecule has 17 heavy (non-hydrogen) atoms. The monoisotopic (exact) mass is 238 g/mol. The average molecular weight is 238 g/mol. The average Bonchev–Trinajstić information content (AvgIpc) is 2.95. The Morgan fingerprint density at radius 3 is 3.12 bits per heavy atom. The maximum absolute atomic E-state index is 11.6. The Morgan fingerprint density at radius 1 is 1.59 bits per heavy atom. The number of esters is 1. The van der Waals surface area contributed by atoms with E-state index in [2.05, 4.69) is 0 Å². The molecule has 4 heteroatoms. The van der Waals surface area contributed by atoms with E-state index in [1.807, 2.05) is 0 Å². The van der Waals surface area contributed by atoms with E-state index < -0.39 is 0 Å². The molecule has 1 saturated heterocycles. The summed E-state index contributed by atoms with van der Waals surface area (Å²) in [5.41, 5.74) is 0.516. The van der Waals surface area contributed by atoms with Crippen molar-refractivity contribution in [1.29, 1.82) is 0 Å². The number of aryl methyl sites for hydroxylation is 1. The summed E-state index contributed by atoms with van der Waals surface area (Å²) in [6.45, 7) is 3.07. The van der Waals surface area contributed by atoms with Crippen LogP contribution in [-0.2, 0) is 9.47 Å². The van der Waals surface area contributed by atoms with Gasteiger partial charge in [0.05, 0.1) is 19.0 Å². The van der Waals surface area contributed by atoms with Gasteiger partial charge in [0.25, 0.3) is 0 Å². The van der Waals surface area contributed by atoms with Gasteiger partial charge in [0, 0.05) is 6.61 Å². The summed E-state index contributed by atoms with van der Waals surface area (Å²) in [5.74, 6) is 0.303. The van der Waals surface area contributed by atoms with Crippen molar-refractivity contribution in [2.24, 2.45) is 0 Å². The first-order valence-electron chi connectivity index (χ1n) is 6.10. The predicted octanol–water partition coefficient (Wildman–Crippen LogP) is 2.70. The SMILES string of the molecule is Cc1occc1C(=O)OCCC[C@H]1CCCO1. The zero-order valence-electron chi connectivity index (χ0n) is 10.1. The van der Waals surface area contributed by atoms with Crippen LogP contribution in [-0.4, -0.2) is 25.3 Å². The van der Waals surface area contributed by atoms with E-state index in [9.17, 15) is 4.79 Å². The molecule has 0 bridgehead atoms. The molecule has 0 N–H and O–H groups in total. The van der Waals surface area contributed by atoms with E-state index in [1.54, 1.807) is 13.0 Å². The molecule has 0 unspecified atom stereocenters. The van der Waals surface area contributed by atoms with Crippen LogP contribution in [0.2, 0.25) is 0 Å². The first kappa shape index (κ1) is 12.2. The van der Waals surface area contributed by atoms with Crippen LogP contribution in [0.5, 0.6) is 0 Å². The number of furan rings is 1. The van der Waals surface area contributed by atoms with Crippen molar-refractivity contribution in [3.05, 3.63) is 23.7 Å². The molecule has 1 aliphatic rings. The van der Waals surface area contributed by atoms with Crippen molar-refractivity contribution < 1.29 is 18.7 Å². The largest absolute Gasteiger partial charge is 0.469 e. The lowest BCUT2D eigenvalue weighted by Crippen LogP contribution is -2.10. The Balaban J connectivity index is 1.65. The molecule has 2 rings (SSSR count). The third-order valence-electron chi connectivity index (χ3n) is 3.01. The van der Waals surface area contributed by atoms with Gasteiger partial charge in [-0.1, -0.05) is 0 Å². The fourth-order valence-electron chi connectivity index (χ4n) is 2.02. The lowest BCUT2D eigenvalue weighted by molar-refractivity contribution is 0.0459. The zero-order valence-corrected chi connectivity index (χ0v) is 10.1. The molecule has 4 nitrogen and oxygen atoms in total. The van der Waals surface area contributed by atoms with E-state index in [-0.39, 0.29) is 5.97 Å². The Bertz CT molecular complexity index is 363. The minimum Gasteiger partial charge on any atom is -0.469 e. The molecular formula is C13H18O4. The lowest BCUT2D eigenvalue weighted by atomic mass is 10.1. The number of hydrogen-bond donors (Lipinski definition) is 0. The summed E-state index contributed by atoms with van der Waals surface area (Å²) in [6, 6.07) is 1.64. The first-order chi connectivity index (χ1) is 8.27. The Labute approximate surface area is 101 Å². The molecule has 1 aliphatic heterocycles. The third-order valence-corrected chi connectivity index (χ3v) is 3.01. The molecule has 0 amide bonds. The van der Waals surface area contributed by atoms with Gasteiger partial charge in [-0.3, -0.25) is 0 Å². The van der Waals surface area contributed by atoms with E-state index in [0.717, 1.165) is 32.3 Å². The van der Waals surface area contributed by atoms with E-state index >= 15 is 0 Å². The fourth-order valence-corrected chi connectivity index (χ4v) is 2.02. The number of ether oxygens (including phenoxy) is 2. The Kier molecular flexibility index (Phi) is 4.20. The van der Waals surface area contributed by atoms with Crippen molar-refractivity contribution in [2.75, 3.05) is 13.2 Å². The van der Waals surface area contributed by atoms with Gasteiger partial charge in [0.15, 0.2) is 0 Å². The third kappa shape index (κ3) is 3.33. The zero-order chi connectivity index (χ0) is 12.1. The highest BCUT2D eigenvalue weighted by molar-refractivity contribution is 5.90. The minimum atomic E-state index is -0.302. The maximum atomic E-state index is 11.6. The highest BCUT2D eigenvalue weighted by Crippen LogP contribution is 2.17. The van der Waals surface area contributed by atoms with Gasteiger partial charge in [-0.15, -0.1) is 0 Å². The van der Waals surface area contributed by atoms with Crippen LogP contribution in [0.3, 0.4) is 0 Å². The maximum Gasteiger partial charge on any atom is 0.341 e. The summed E-state index contributed by atoms with van der Waals surface area (Å²) in [6.07, 6.45) is 5.97. The Morgan fingerprint density at radius 2 is 2.47 bits per heavy atom. The van der Waals surface area contributed by atoms with Crippen LogP contribution in [0.1, 0.15) is 41.8 Å². The van der Waals surface area contributed by atoms with Crippen LogP contribution in [0.25, 0.3) is 0 Å². The summed E-state index contributed by atoms with van der Waals surface area (Å²) in [4.78, 5) is 11.6. The molecule has 1 atom stereocenters. The summed E-state index contributed by atoms with van der Waals surface area (Å²) < 4.78 is 15.7. The second-order valence-electron chi connectivity index (χ2n) is 4.30. The molecule has 0 spiro atoms. The van der Waals surface area contributed by atoms with Gasteiger partial charge in [0.1, 0.15) is 11.3 Å². The second-order valence-corrected chi connectivity index (χ2v) is 4.30. The normalized spacial score (nSPS) is 19.5. The lowest BCUT2D eigenvalue weighted by Gasteiger charge is -2.08. The van der Waals surface area contributed by atoms with Crippen molar-refractivity contribution in [2.45, 2.75) is 38.7 Å². The highest BCUT2D eigenvalue weighted by atomic mass is 16.5. The molecule has 0 aromatic carbocycles. The van der Waals surface area contributed by atoms with Gasteiger partial charge in [-0.25, -0.2) is 4.79 Å². The van der Waals surface area contributed by atoms with Gasteiger partial charge < -0.3 is 13.9 Å². The molecule has 2 heterocycles. The Hall–Kier alpha value is -1.29. The molecule has 1 fully saturated rings. The molecular weight excluding hydrogens is 220 g/mol. The number of hydrogen-bond acceptors (Lipinski definition) is 4. The van der Waals surface area contributed by atoms with Crippen molar-refractivity contribution in [3.63, 3.8) is 0 Å². The van der Waals surface area contributed by atoms with Crippen molar-refractivity contribution >= 4 is 5.97 Å². The summed E-state index contributed by atoms with van der Waals surface area (Å²) in [5, 5.41) is 0. The minimum absolute atomic E-state index is 0.302. The van der Waals surface area contributed by atoms with E-state index in [4.69, 9.17) is 13.9 Å². The van der Waals surface area contributed by atoms with E-state index in [0.29, 0.717) is 24.0 Å². The fraction of sp³-hybridized carbons (Fsp3) is 0.615. The second kappa shape index (κ2) is 5.87. The topological polar surface area (TPSA) is 48.7 Å². The summed E-state index contributed by atoms with van der Waals surface area (Å²) in [7, 11) is 0. The number of rotatable bonds is 5. The van der Waals surface area contributed by atoms with Crippen molar-refractivity contribution in [1.82, 2.24) is 0 Å². The molecule has 0 radical (unpaired) electrons. The highest BCUT2D eigenvalue weighted by Gasteiger charge is 2.16. The van der Waals surface area contributed by atoms with Crippen LogP contribution in [0.15, 0.2) is 16.7 Å². The van der Waals surface area contributed by atoms with Gasteiger partial charge in [-0.2, -0.15) is 0 Å². The molecule has 1 aromatic rings. The predicted molar refractivity (Wildman–Crippen MR) is 61.9 cm³/mol. The molecule has 0 saturated carbocycles. The van der Waals surface area contributed by atoms with Gasteiger partial charge in [0.2, 0.25) is 0 Å². The number of carbonyl (C=O) groups is 1. The standard InChI is InChI=1S/C13H18O4/c1-10-12(6-9-15-10)13(14)17-8-3-5-11-4-2-7-16-11/h6,9,11H,2-5,7-8H2,1H3/t11-/m1/s1. The molecule has 94 valence electrons. The van der Waals surface area contributed by atoms with Crippen LogP contribution in [0, 0.1) is 6.92 Å². The first-order valence-corrected chi connectivity index (χ1v) is 6.10. The van der Waals surface area contributed by atoms with Crippen LogP contribution < -0.4 is 0 Å². The summed E-state index contributed by atoms with van der Waals surface area (Å²) >= 11 is 0. The molecule has 0 aliphatic carbocycles.